The maximum atomic E-state index is 12.2. The van der Waals surface area contributed by atoms with E-state index in [4.69, 9.17) is 15.7 Å². The van der Waals surface area contributed by atoms with Crippen molar-refractivity contribution in [1.82, 2.24) is 9.55 Å². The Balaban J connectivity index is 2.47. The molecule has 2 aromatic rings. The van der Waals surface area contributed by atoms with Crippen LogP contribution in [0.3, 0.4) is 0 Å². The largest absolute Gasteiger partial charge is 0.431 e. The van der Waals surface area contributed by atoms with Crippen LogP contribution in [0.4, 0.5) is 5.69 Å². The van der Waals surface area contributed by atoms with Crippen molar-refractivity contribution in [3.05, 3.63) is 44.0 Å². The lowest BCUT2D eigenvalue weighted by atomic mass is 10.2. The van der Waals surface area contributed by atoms with Gasteiger partial charge in [0, 0.05) is 18.4 Å². The van der Waals surface area contributed by atoms with Crippen molar-refractivity contribution in [2.24, 2.45) is 0 Å². The van der Waals surface area contributed by atoms with E-state index >= 15 is 0 Å². The van der Waals surface area contributed by atoms with Gasteiger partial charge in [-0.25, -0.2) is 4.98 Å². The molecule has 6 nitrogen and oxygen atoms in total. The summed E-state index contributed by atoms with van der Waals surface area (Å²) in [4.78, 5) is 16.2. The average molecular weight is 396 g/mol. The molecule has 0 atom stereocenters. The van der Waals surface area contributed by atoms with E-state index in [1.54, 1.807) is 12.3 Å². The van der Waals surface area contributed by atoms with Gasteiger partial charge in [0.15, 0.2) is 5.75 Å². The summed E-state index contributed by atoms with van der Waals surface area (Å²) in [5.41, 5.74) is 6.28. The summed E-state index contributed by atoms with van der Waals surface area (Å²) in [6.07, 6.45) is 3.11. The fourth-order valence-electron chi connectivity index (χ4n) is 1.77. The molecule has 0 aliphatic heterocycles. The molecule has 0 saturated carbocycles. The van der Waals surface area contributed by atoms with E-state index < -0.39 is 0 Å². The number of nitriles is 1. The summed E-state index contributed by atoms with van der Waals surface area (Å²) < 4.78 is 7.74. The first kappa shape index (κ1) is 15.3. The van der Waals surface area contributed by atoms with Gasteiger partial charge in [-0.05, 0) is 48.6 Å². The van der Waals surface area contributed by atoms with Crippen LogP contribution in [0.1, 0.15) is 25.5 Å². The molecule has 1 aromatic carbocycles. The third-order valence-corrected chi connectivity index (χ3v) is 3.59. The number of rotatable bonds is 3. The molecule has 0 radical (unpaired) electrons. The van der Waals surface area contributed by atoms with Crippen molar-refractivity contribution in [1.29, 1.82) is 5.26 Å². The number of hydrogen-bond acceptors (Lipinski definition) is 5. The molecule has 1 heterocycles. The van der Waals surface area contributed by atoms with Gasteiger partial charge in [0.1, 0.15) is 0 Å². The number of ether oxygens (including phenoxy) is 1. The summed E-state index contributed by atoms with van der Waals surface area (Å²) in [7, 11) is 0. The van der Waals surface area contributed by atoms with Crippen LogP contribution in [-0.4, -0.2) is 9.55 Å². The zero-order chi connectivity index (χ0) is 15.6. The predicted octanol–water partition coefficient (Wildman–Crippen LogP) is 2.67. The molecular formula is C14H13IN4O2. The molecule has 0 unspecified atom stereocenters. The molecule has 1 aromatic heterocycles. The van der Waals surface area contributed by atoms with Crippen LogP contribution in [0.25, 0.3) is 0 Å². The monoisotopic (exact) mass is 396 g/mol. The number of nitrogen functional groups attached to an aromatic ring is 1. The number of benzene rings is 1. The van der Waals surface area contributed by atoms with E-state index in [0.717, 1.165) is 0 Å². The number of nitrogens with zero attached hydrogens (tertiary/aromatic N) is 3. The van der Waals surface area contributed by atoms with Crippen molar-refractivity contribution >= 4 is 28.3 Å². The molecule has 0 fully saturated rings. The minimum absolute atomic E-state index is 0.000216. The Morgan fingerprint density at radius 3 is 2.76 bits per heavy atom. The summed E-state index contributed by atoms with van der Waals surface area (Å²) in [6, 6.07) is 5.15. The predicted molar refractivity (Wildman–Crippen MR) is 87.2 cm³/mol. The van der Waals surface area contributed by atoms with Crippen LogP contribution in [0.2, 0.25) is 0 Å². The van der Waals surface area contributed by atoms with Gasteiger partial charge in [-0.15, -0.1) is 0 Å². The molecule has 0 aliphatic carbocycles. The Kier molecular flexibility index (Phi) is 4.47. The summed E-state index contributed by atoms with van der Waals surface area (Å²) in [5, 5.41) is 8.89. The number of aromatic nitrogens is 2. The van der Waals surface area contributed by atoms with Crippen molar-refractivity contribution in [3.63, 3.8) is 0 Å². The fraction of sp³-hybridized carbons (Fsp3) is 0.214. The Morgan fingerprint density at radius 1 is 1.48 bits per heavy atom. The molecule has 2 N–H and O–H groups in total. The van der Waals surface area contributed by atoms with Gasteiger partial charge < -0.3 is 15.0 Å². The number of nitrogens with two attached hydrogens (primary N) is 1. The zero-order valence-corrected chi connectivity index (χ0v) is 13.7. The van der Waals surface area contributed by atoms with Gasteiger partial charge in [-0.1, -0.05) is 0 Å². The summed E-state index contributed by atoms with van der Waals surface area (Å²) in [6.45, 7) is 3.79. The van der Waals surface area contributed by atoms with Gasteiger partial charge in [-0.3, -0.25) is 4.79 Å². The van der Waals surface area contributed by atoms with Crippen molar-refractivity contribution < 1.29 is 4.74 Å². The minimum atomic E-state index is -0.327. The molecule has 108 valence electrons. The molecule has 2 rings (SSSR count). The topological polar surface area (TPSA) is 93.9 Å². The Labute approximate surface area is 135 Å². The SMILES string of the molecule is CC(C)n1ccnc(Oc2c(N)cc(C#N)cc2I)c1=O. The van der Waals surface area contributed by atoms with Crippen LogP contribution in [-0.2, 0) is 0 Å². The third-order valence-electron chi connectivity index (χ3n) is 2.79. The summed E-state index contributed by atoms with van der Waals surface area (Å²) >= 11 is 2.00. The molecule has 21 heavy (non-hydrogen) atoms. The maximum Gasteiger partial charge on any atom is 0.313 e. The van der Waals surface area contributed by atoms with Crippen molar-refractivity contribution in [2.45, 2.75) is 19.9 Å². The first-order chi connectivity index (χ1) is 9.93. The Morgan fingerprint density at radius 2 is 2.19 bits per heavy atom. The van der Waals surface area contributed by atoms with E-state index in [-0.39, 0.29) is 17.5 Å². The molecule has 0 amide bonds. The molecule has 0 saturated heterocycles. The van der Waals surface area contributed by atoms with E-state index in [1.165, 1.54) is 16.8 Å². The molecule has 0 aliphatic rings. The Bertz CT molecular complexity index is 754. The van der Waals surface area contributed by atoms with Crippen LogP contribution < -0.4 is 16.0 Å². The Hall–Kier alpha value is -2.08. The van der Waals surface area contributed by atoms with Crippen molar-refractivity contribution in [3.8, 4) is 17.7 Å². The van der Waals surface area contributed by atoms with Gasteiger partial charge in [0.25, 0.3) is 5.88 Å². The number of halogens is 1. The van der Waals surface area contributed by atoms with Crippen LogP contribution >= 0.6 is 22.6 Å². The normalized spacial score (nSPS) is 10.4. The van der Waals surface area contributed by atoms with E-state index in [2.05, 4.69) is 4.98 Å². The van der Waals surface area contributed by atoms with Crippen LogP contribution in [0.5, 0.6) is 11.6 Å². The van der Waals surface area contributed by atoms with Crippen LogP contribution in [0.15, 0.2) is 29.3 Å². The lowest BCUT2D eigenvalue weighted by molar-refractivity contribution is 0.436. The maximum absolute atomic E-state index is 12.2. The average Bonchev–Trinajstić information content (AvgIpc) is 2.43. The van der Waals surface area contributed by atoms with Gasteiger partial charge >= 0.3 is 5.56 Å². The first-order valence-electron chi connectivity index (χ1n) is 6.18. The first-order valence-corrected chi connectivity index (χ1v) is 7.26. The molecule has 7 heteroatoms. The third kappa shape index (κ3) is 3.16. The van der Waals surface area contributed by atoms with Gasteiger partial charge in [0.05, 0.1) is 20.9 Å². The highest BCUT2D eigenvalue weighted by atomic mass is 127. The van der Waals surface area contributed by atoms with Gasteiger partial charge in [0.2, 0.25) is 0 Å². The van der Waals surface area contributed by atoms with Gasteiger partial charge in [-0.2, -0.15) is 5.26 Å². The fourth-order valence-corrected chi connectivity index (χ4v) is 2.52. The molecule has 0 spiro atoms. The smallest absolute Gasteiger partial charge is 0.313 e. The lowest BCUT2D eigenvalue weighted by Gasteiger charge is -2.13. The van der Waals surface area contributed by atoms with E-state index in [9.17, 15) is 4.79 Å². The second-order valence-corrected chi connectivity index (χ2v) is 5.79. The molecule has 0 bridgehead atoms. The van der Waals surface area contributed by atoms with E-state index in [0.29, 0.717) is 20.6 Å². The standard InChI is InChI=1S/C14H13IN4O2/c1-8(2)19-4-3-18-13(14(19)20)21-12-10(15)5-9(7-16)6-11(12)17/h3-6,8H,17H2,1-2H3. The minimum Gasteiger partial charge on any atom is -0.431 e. The summed E-state index contributed by atoms with van der Waals surface area (Å²) in [5.74, 6) is 0.293. The highest BCUT2D eigenvalue weighted by Crippen LogP contribution is 2.32. The second-order valence-electron chi connectivity index (χ2n) is 4.63. The molecular weight excluding hydrogens is 383 g/mol. The van der Waals surface area contributed by atoms with E-state index in [1.807, 2.05) is 42.5 Å². The highest BCUT2D eigenvalue weighted by molar-refractivity contribution is 14.1. The van der Waals surface area contributed by atoms with Crippen molar-refractivity contribution in [2.75, 3.05) is 5.73 Å². The second kappa shape index (κ2) is 6.13. The highest BCUT2D eigenvalue weighted by Gasteiger charge is 2.14. The number of hydrogen-bond donors (Lipinski definition) is 1. The van der Waals surface area contributed by atoms with Crippen LogP contribution in [0, 0.1) is 14.9 Å². The lowest BCUT2D eigenvalue weighted by Crippen LogP contribution is -2.23. The quantitative estimate of drug-likeness (QED) is 0.636. The zero-order valence-electron chi connectivity index (χ0n) is 11.5. The number of anilines is 1.